The Morgan fingerprint density at radius 2 is 2.05 bits per heavy atom. The number of ether oxygens (including phenoxy) is 1. The molecular weight excluding hydrogens is 258 g/mol. The molecule has 0 amide bonds. The molecule has 0 aromatic heterocycles. The van der Waals surface area contributed by atoms with Crippen LogP contribution in [0.25, 0.3) is 0 Å². The van der Waals surface area contributed by atoms with Crippen molar-refractivity contribution in [2.45, 2.75) is 27.2 Å². The minimum atomic E-state index is 0.650. The maximum Gasteiger partial charge on any atom is 0.137 e. The molecule has 0 fully saturated rings. The average Bonchev–Trinajstić information content (AvgIpc) is 2.39. The lowest BCUT2D eigenvalue weighted by molar-refractivity contribution is 0.274. The van der Waals surface area contributed by atoms with Gasteiger partial charge in [0.05, 0.1) is 18.2 Å². The molecule has 106 valence electrons. The van der Waals surface area contributed by atoms with Gasteiger partial charge in [0.25, 0.3) is 0 Å². The van der Waals surface area contributed by atoms with Gasteiger partial charge in [0.2, 0.25) is 0 Å². The molecule has 0 aliphatic heterocycles. The van der Waals surface area contributed by atoms with Crippen LogP contribution in [0.2, 0.25) is 5.02 Å². The van der Waals surface area contributed by atoms with E-state index in [-0.39, 0.29) is 0 Å². The van der Waals surface area contributed by atoms with E-state index in [0.717, 1.165) is 24.3 Å². The molecule has 0 spiro atoms. The van der Waals surface area contributed by atoms with Gasteiger partial charge in [0.15, 0.2) is 0 Å². The molecule has 3 heteroatoms. The highest BCUT2D eigenvalue weighted by atomic mass is 35.5. The van der Waals surface area contributed by atoms with E-state index in [1.807, 2.05) is 46.0 Å². The molecule has 0 radical (unpaired) electrons. The standard InChI is InChI=1S/C14H18ClNO.C2H6/c1-4-8-16(3)9-5-10-17-14-7-6-12(2)11-13(14)15;1-2/h1,6-7,11H,5,8-10H2,2-3H3;1-2H3. The summed E-state index contributed by atoms with van der Waals surface area (Å²) >= 11 is 6.06. The van der Waals surface area contributed by atoms with E-state index in [4.69, 9.17) is 22.8 Å². The first-order valence-corrected chi connectivity index (χ1v) is 7.02. The molecule has 0 bridgehead atoms. The highest BCUT2D eigenvalue weighted by Crippen LogP contribution is 2.25. The Kier molecular flexibility index (Phi) is 10.1. The van der Waals surface area contributed by atoms with Gasteiger partial charge in [-0.05, 0) is 38.1 Å². The Hall–Kier alpha value is -1.17. The molecular formula is C16H24ClNO. The lowest BCUT2D eigenvalue weighted by Crippen LogP contribution is -2.21. The van der Waals surface area contributed by atoms with Crippen molar-refractivity contribution in [3.63, 3.8) is 0 Å². The van der Waals surface area contributed by atoms with E-state index in [1.165, 1.54) is 0 Å². The molecule has 19 heavy (non-hydrogen) atoms. The second kappa shape index (κ2) is 10.7. The van der Waals surface area contributed by atoms with E-state index < -0.39 is 0 Å². The van der Waals surface area contributed by atoms with Gasteiger partial charge >= 0.3 is 0 Å². The predicted octanol–water partition coefficient (Wildman–Crippen LogP) is 4.01. The van der Waals surface area contributed by atoms with Gasteiger partial charge in [-0.1, -0.05) is 37.4 Å². The van der Waals surface area contributed by atoms with Crippen molar-refractivity contribution in [2.24, 2.45) is 0 Å². The fourth-order valence-corrected chi connectivity index (χ4v) is 1.76. The van der Waals surface area contributed by atoms with E-state index in [9.17, 15) is 0 Å². The number of hydrogen-bond donors (Lipinski definition) is 0. The maximum atomic E-state index is 6.06. The van der Waals surface area contributed by atoms with E-state index in [0.29, 0.717) is 18.2 Å². The Morgan fingerprint density at radius 1 is 1.37 bits per heavy atom. The topological polar surface area (TPSA) is 12.5 Å². The third-order valence-electron chi connectivity index (χ3n) is 2.39. The van der Waals surface area contributed by atoms with Gasteiger partial charge in [-0.25, -0.2) is 0 Å². The summed E-state index contributed by atoms with van der Waals surface area (Å²) in [4.78, 5) is 2.08. The lowest BCUT2D eigenvalue weighted by Gasteiger charge is -2.13. The third-order valence-corrected chi connectivity index (χ3v) is 2.69. The third kappa shape index (κ3) is 7.77. The summed E-state index contributed by atoms with van der Waals surface area (Å²) in [6, 6.07) is 5.80. The maximum absolute atomic E-state index is 6.06. The monoisotopic (exact) mass is 281 g/mol. The summed E-state index contributed by atoms with van der Waals surface area (Å²) in [7, 11) is 2.00. The lowest BCUT2D eigenvalue weighted by atomic mass is 10.2. The number of hydrogen-bond acceptors (Lipinski definition) is 2. The van der Waals surface area contributed by atoms with Crippen LogP contribution in [0, 0.1) is 19.3 Å². The molecule has 1 aromatic carbocycles. The number of benzene rings is 1. The summed E-state index contributed by atoms with van der Waals surface area (Å²) < 4.78 is 5.61. The van der Waals surface area contributed by atoms with Crippen LogP contribution in [0.1, 0.15) is 25.8 Å². The Bertz CT molecular complexity index is 398. The van der Waals surface area contributed by atoms with Gasteiger partial charge in [-0.3, -0.25) is 4.90 Å². The minimum Gasteiger partial charge on any atom is -0.492 e. The SMILES string of the molecule is C#CCN(C)CCCOc1ccc(C)cc1Cl.CC. The number of nitrogens with zero attached hydrogens (tertiary/aromatic N) is 1. The van der Waals surface area contributed by atoms with Crippen molar-refractivity contribution in [3.05, 3.63) is 28.8 Å². The predicted molar refractivity (Wildman–Crippen MR) is 84.0 cm³/mol. The molecule has 0 N–H and O–H groups in total. The summed E-state index contributed by atoms with van der Waals surface area (Å²) in [5.41, 5.74) is 1.14. The molecule has 0 heterocycles. The van der Waals surface area contributed by atoms with Gasteiger partial charge in [0, 0.05) is 6.54 Å². The fourth-order valence-electron chi connectivity index (χ4n) is 1.47. The van der Waals surface area contributed by atoms with E-state index >= 15 is 0 Å². The van der Waals surface area contributed by atoms with Crippen LogP contribution in [0.5, 0.6) is 5.75 Å². The Morgan fingerprint density at radius 3 is 2.63 bits per heavy atom. The van der Waals surface area contributed by atoms with E-state index in [1.54, 1.807) is 0 Å². The molecule has 0 aliphatic rings. The van der Waals surface area contributed by atoms with Crippen molar-refractivity contribution in [1.82, 2.24) is 4.90 Å². The van der Waals surface area contributed by atoms with Gasteiger partial charge in [-0.2, -0.15) is 0 Å². The zero-order valence-corrected chi connectivity index (χ0v) is 13.1. The van der Waals surface area contributed by atoms with Crippen molar-refractivity contribution < 1.29 is 4.74 Å². The van der Waals surface area contributed by atoms with Crippen molar-refractivity contribution in [2.75, 3.05) is 26.7 Å². The van der Waals surface area contributed by atoms with Crippen LogP contribution in [0.3, 0.4) is 0 Å². The summed E-state index contributed by atoms with van der Waals surface area (Å²) in [6.45, 7) is 8.25. The molecule has 0 unspecified atom stereocenters. The summed E-state index contributed by atoms with van der Waals surface area (Å²) in [5.74, 6) is 3.35. The number of terminal acetylenes is 1. The normalized spacial score (nSPS) is 9.53. The highest BCUT2D eigenvalue weighted by molar-refractivity contribution is 6.32. The van der Waals surface area contributed by atoms with Crippen molar-refractivity contribution in [3.8, 4) is 18.1 Å². The Labute approximate surface area is 122 Å². The molecule has 1 rings (SSSR count). The molecule has 0 aliphatic carbocycles. The molecule has 2 nitrogen and oxygen atoms in total. The number of halogens is 1. The van der Waals surface area contributed by atoms with Gasteiger partial charge < -0.3 is 4.74 Å². The van der Waals surface area contributed by atoms with Crippen LogP contribution in [0.15, 0.2) is 18.2 Å². The summed E-state index contributed by atoms with van der Waals surface area (Å²) in [5, 5.41) is 0.668. The van der Waals surface area contributed by atoms with Crippen LogP contribution in [-0.2, 0) is 0 Å². The van der Waals surface area contributed by atoms with Crippen LogP contribution in [0.4, 0.5) is 0 Å². The largest absolute Gasteiger partial charge is 0.492 e. The van der Waals surface area contributed by atoms with Crippen molar-refractivity contribution >= 4 is 11.6 Å². The average molecular weight is 282 g/mol. The molecule has 1 aromatic rings. The second-order valence-corrected chi connectivity index (χ2v) is 4.48. The van der Waals surface area contributed by atoms with E-state index in [2.05, 4.69) is 10.8 Å². The quantitative estimate of drug-likeness (QED) is 0.577. The zero-order valence-electron chi connectivity index (χ0n) is 12.4. The first kappa shape index (κ1) is 17.8. The van der Waals surface area contributed by atoms with Gasteiger partial charge in [0.1, 0.15) is 5.75 Å². The smallest absolute Gasteiger partial charge is 0.137 e. The number of aryl methyl sites for hydroxylation is 1. The molecule has 0 saturated heterocycles. The molecule has 0 saturated carbocycles. The van der Waals surface area contributed by atoms with Crippen LogP contribution >= 0.6 is 11.6 Å². The van der Waals surface area contributed by atoms with Gasteiger partial charge in [-0.15, -0.1) is 6.42 Å². The van der Waals surface area contributed by atoms with Crippen molar-refractivity contribution in [1.29, 1.82) is 0 Å². The van der Waals surface area contributed by atoms with Crippen LogP contribution < -0.4 is 4.74 Å². The second-order valence-electron chi connectivity index (χ2n) is 4.08. The van der Waals surface area contributed by atoms with Crippen LogP contribution in [-0.4, -0.2) is 31.6 Å². The zero-order chi connectivity index (χ0) is 14.7. The minimum absolute atomic E-state index is 0.650. The first-order chi connectivity index (χ1) is 9.13. The highest BCUT2D eigenvalue weighted by Gasteiger charge is 2.01. The first-order valence-electron chi connectivity index (χ1n) is 6.64. The molecule has 0 atom stereocenters. The Balaban J connectivity index is 0.00000154. The number of rotatable bonds is 6. The fraction of sp³-hybridized carbons (Fsp3) is 0.500. The summed E-state index contributed by atoms with van der Waals surface area (Å²) in [6.07, 6.45) is 6.15.